The van der Waals surface area contributed by atoms with Crippen LogP contribution < -0.4 is 0 Å². The number of hydrogen-bond acceptors (Lipinski definition) is 7. The maximum absolute atomic E-state index is 12.1. The summed E-state index contributed by atoms with van der Waals surface area (Å²) in [6, 6.07) is 0. The molecule has 1 N–H and O–H groups in total. The van der Waals surface area contributed by atoms with Crippen molar-refractivity contribution >= 4 is 11.9 Å². The van der Waals surface area contributed by atoms with Crippen molar-refractivity contribution in [2.75, 3.05) is 0 Å². The minimum absolute atomic E-state index is 0.0670. The van der Waals surface area contributed by atoms with Crippen LogP contribution in [0, 0.1) is 23.7 Å². The minimum Gasteiger partial charge on any atom is -0.481 e. The van der Waals surface area contributed by atoms with Gasteiger partial charge in [-0.25, -0.2) is 9.78 Å². The molecule has 1 spiro atoms. The van der Waals surface area contributed by atoms with Crippen LogP contribution in [0.3, 0.4) is 0 Å². The maximum atomic E-state index is 12.1. The van der Waals surface area contributed by atoms with Crippen molar-refractivity contribution in [3.8, 4) is 0 Å². The Labute approximate surface area is 158 Å². The Kier molecular flexibility index (Phi) is 4.73. The lowest BCUT2D eigenvalue weighted by Crippen LogP contribution is -2.70. The highest BCUT2D eigenvalue weighted by Crippen LogP contribution is 2.60. The maximum Gasteiger partial charge on any atom is 0.308 e. The van der Waals surface area contributed by atoms with Gasteiger partial charge in [-0.2, -0.15) is 0 Å². The fourth-order valence-electron chi connectivity index (χ4n) is 5.40. The molecule has 2 bridgehead atoms. The first-order chi connectivity index (χ1) is 12.7. The standard InChI is InChI=1S/C19H28O8/c1-10-4-5-13-11(2)16(23-15(22)7-6-14(20)21)24-17-19(13)12(10)8-9-18(3,25-17)26-27-19/h10-13,16-17H,4-9H2,1-3H3,(H,20,21)/t10-,11-,12+,13+,16+,17-,18?,19-/m1/s1. The Bertz CT molecular complexity index is 623. The molecule has 5 rings (SSSR count). The fourth-order valence-corrected chi connectivity index (χ4v) is 5.40. The summed E-state index contributed by atoms with van der Waals surface area (Å²) in [7, 11) is 0. The van der Waals surface area contributed by atoms with Crippen molar-refractivity contribution in [2.24, 2.45) is 23.7 Å². The van der Waals surface area contributed by atoms with Crippen LogP contribution in [-0.2, 0) is 33.6 Å². The van der Waals surface area contributed by atoms with E-state index in [-0.39, 0.29) is 30.6 Å². The van der Waals surface area contributed by atoms with Crippen LogP contribution in [0.5, 0.6) is 0 Å². The molecule has 4 heterocycles. The van der Waals surface area contributed by atoms with E-state index in [1.807, 2.05) is 13.8 Å². The third kappa shape index (κ3) is 3.06. The van der Waals surface area contributed by atoms with Crippen LogP contribution in [-0.4, -0.2) is 41.0 Å². The molecule has 0 radical (unpaired) electrons. The van der Waals surface area contributed by atoms with Gasteiger partial charge in [0.2, 0.25) is 12.1 Å². The van der Waals surface area contributed by atoms with E-state index < -0.39 is 35.9 Å². The van der Waals surface area contributed by atoms with Gasteiger partial charge in [-0.3, -0.25) is 9.59 Å². The highest BCUT2D eigenvalue weighted by molar-refractivity contribution is 5.76. The average Bonchev–Trinajstić information content (AvgIpc) is 2.84. The molecule has 1 aliphatic carbocycles. The van der Waals surface area contributed by atoms with Crippen LogP contribution in [0.1, 0.15) is 59.3 Å². The van der Waals surface area contributed by atoms with Crippen LogP contribution in [0.15, 0.2) is 0 Å². The number of carbonyl (C=O) groups excluding carboxylic acids is 1. The molecule has 0 aromatic carbocycles. The van der Waals surface area contributed by atoms with Gasteiger partial charge in [0.15, 0.2) is 11.9 Å². The molecule has 0 amide bonds. The van der Waals surface area contributed by atoms with E-state index in [1.165, 1.54) is 0 Å². The normalized spacial score (nSPS) is 48.4. The van der Waals surface area contributed by atoms with Crippen molar-refractivity contribution in [2.45, 2.75) is 83.3 Å². The smallest absolute Gasteiger partial charge is 0.308 e. The fraction of sp³-hybridized carbons (Fsp3) is 0.895. The Morgan fingerprint density at radius 3 is 2.63 bits per heavy atom. The zero-order valence-corrected chi connectivity index (χ0v) is 16.0. The van der Waals surface area contributed by atoms with Gasteiger partial charge in [0.1, 0.15) is 0 Å². The zero-order chi connectivity index (χ0) is 19.4. The molecule has 5 fully saturated rings. The number of esters is 1. The van der Waals surface area contributed by atoms with E-state index in [1.54, 1.807) is 0 Å². The zero-order valence-electron chi connectivity index (χ0n) is 16.0. The summed E-state index contributed by atoms with van der Waals surface area (Å²) in [4.78, 5) is 34.5. The number of carbonyl (C=O) groups is 2. The first-order valence-electron chi connectivity index (χ1n) is 9.86. The van der Waals surface area contributed by atoms with Crippen molar-refractivity contribution in [3.63, 3.8) is 0 Å². The van der Waals surface area contributed by atoms with E-state index in [0.29, 0.717) is 12.3 Å². The van der Waals surface area contributed by atoms with E-state index >= 15 is 0 Å². The van der Waals surface area contributed by atoms with Crippen molar-refractivity contribution in [1.82, 2.24) is 0 Å². The van der Waals surface area contributed by atoms with E-state index in [4.69, 9.17) is 29.1 Å². The monoisotopic (exact) mass is 384 g/mol. The number of carboxylic acids is 1. The largest absolute Gasteiger partial charge is 0.481 e. The van der Waals surface area contributed by atoms with Gasteiger partial charge in [0.05, 0.1) is 12.8 Å². The number of aliphatic carboxylic acids is 1. The third-order valence-electron chi connectivity index (χ3n) is 6.89. The average molecular weight is 384 g/mol. The Morgan fingerprint density at radius 2 is 1.89 bits per heavy atom. The molecule has 8 nitrogen and oxygen atoms in total. The Hall–Kier alpha value is -1.22. The molecule has 152 valence electrons. The van der Waals surface area contributed by atoms with E-state index in [0.717, 1.165) is 19.3 Å². The minimum atomic E-state index is -1.03. The molecule has 8 atom stereocenters. The molecule has 4 saturated heterocycles. The summed E-state index contributed by atoms with van der Waals surface area (Å²) in [5, 5.41) is 8.76. The third-order valence-corrected chi connectivity index (χ3v) is 6.89. The number of hydrogen-bond donors (Lipinski definition) is 1. The predicted molar refractivity (Wildman–Crippen MR) is 89.8 cm³/mol. The summed E-state index contributed by atoms with van der Waals surface area (Å²) in [6.45, 7) is 6.06. The molecule has 1 saturated carbocycles. The molecule has 0 aromatic heterocycles. The molecular formula is C19H28O8. The second-order valence-electron chi connectivity index (χ2n) is 8.66. The summed E-state index contributed by atoms with van der Waals surface area (Å²) in [6.07, 6.45) is 1.72. The van der Waals surface area contributed by atoms with Crippen LogP contribution in [0.25, 0.3) is 0 Å². The van der Waals surface area contributed by atoms with Gasteiger partial charge in [-0.15, -0.1) is 0 Å². The summed E-state index contributed by atoms with van der Waals surface area (Å²) in [5.41, 5.74) is -0.697. The first kappa shape index (κ1) is 19.1. The number of carboxylic acid groups (broad SMARTS) is 1. The molecule has 0 aromatic rings. The second kappa shape index (κ2) is 6.69. The first-order valence-corrected chi connectivity index (χ1v) is 9.86. The molecule has 1 unspecified atom stereocenters. The van der Waals surface area contributed by atoms with Gasteiger partial charge in [0.25, 0.3) is 0 Å². The van der Waals surface area contributed by atoms with Gasteiger partial charge in [-0.1, -0.05) is 13.8 Å². The molecule has 27 heavy (non-hydrogen) atoms. The summed E-state index contributed by atoms with van der Waals surface area (Å²) < 4.78 is 17.8. The Balaban J connectivity index is 1.58. The van der Waals surface area contributed by atoms with Crippen LogP contribution >= 0.6 is 0 Å². The van der Waals surface area contributed by atoms with Crippen molar-refractivity contribution in [1.29, 1.82) is 0 Å². The lowest BCUT2D eigenvalue weighted by atomic mass is 9.58. The summed E-state index contributed by atoms with van der Waals surface area (Å²) in [5.74, 6) is -1.82. The van der Waals surface area contributed by atoms with Crippen molar-refractivity contribution < 1.29 is 38.7 Å². The number of fused-ring (bicyclic) bond motifs is 2. The predicted octanol–water partition coefficient (Wildman–Crippen LogP) is 2.60. The lowest BCUT2D eigenvalue weighted by Gasteiger charge is -2.59. The number of rotatable bonds is 4. The topological polar surface area (TPSA) is 101 Å². The van der Waals surface area contributed by atoms with Crippen LogP contribution in [0.2, 0.25) is 0 Å². The van der Waals surface area contributed by atoms with Gasteiger partial charge >= 0.3 is 11.9 Å². The van der Waals surface area contributed by atoms with Gasteiger partial charge in [-0.05, 0) is 38.0 Å². The molecule has 5 aliphatic rings. The van der Waals surface area contributed by atoms with Gasteiger partial charge in [0, 0.05) is 18.3 Å². The van der Waals surface area contributed by atoms with Gasteiger partial charge < -0.3 is 19.3 Å². The summed E-state index contributed by atoms with van der Waals surface area (Å²) >= 11 is 0. The van der Waals surface area contributed by atoms with E-state index in [9.17, 15) is 9.59 Å². The molecule has 8 heteroatoms. The SMILES string of the molecule is C[C@H]1[C@@H](OC(=O)CCC(=O)O)O[C@@H]2OC3(C)CC[C@H]4[C@H](C)CC[C@@H]1[C@@]24OO3. The van der Waals surface area contributed by atoms with Crippen LogP contribution in [0.4, 0.5) is 0 Å². The molecule has 4 aliphatic heterocycles. The number of ether oxygens (including phenoxy) is 3. The van der Waals surface area contributed by atoms with Crippen molar-refractivity contribution in [3.05, 3.63) is 0 Å². The highest BCUT2D eigenvalue weighted by Gasteiger charge is 2.69. The molecular weight excluding hydrogens is 356 g/mol. The second-order valence-corrected chi connectivity index (χ2v) is 8.66. The lowest BCUT2D eigenvalue weighted by molar-refractivity contribution is -0.576. The highest BCUT2D eigenvalue weighted by atomic mass is 17.3. The quantitative estimate of drug-likeness (QED) is 0.583. The Morgan fingerprint density at radius 1 is 1.11 bits per heavy atom. The van der Waals surface area contributed by atoms with E-state index in [2.05, 4.69) is 6.92 Å².